The summed E-state index contributed by atoms with van der Waals surface area (Å²) in [5.41, 5.74) is 1.45. The van der Waals surface area contributed by atoms with Crippen molar-refractivity contribution in [1.29, 1.82) is 0 Å². The first-order valence-electron chi connectivity index (χ1n) is 6.46. The zero-order valence-corrected chi connectivity index (χ0v) is 11.6. The predicted octanol–water partition coefficient (Wildman–Crippen LogP) is 3.26. The first-order valence-corrected chi connectivity index (χ1v) is 6.46. The summed E-state index contributed by atoms with van der Waals surface area (Å²) < 4.78 is 23.3. The maximum Gasteiger partial charge on any atom is 0.407 e. The molecule has 21 heavy (non-hydrogen) atoms. The van der Waals surface area contributed by atoms with Crippen LogP contribution >= 0.6 is 0 Å². The summed E-state index contributed by atoms with van der Waals surface area (Å²) in [5, 5.41) is 2.56. The SMILES string of the molecule is COc1ccc(F)cc1CNC(=O)OCc1ccccc1. The molecule has 1 amide bonds. The fourth-order valence-corrected chi connectivity index (χ4v) is 1.83. The minimum Gasteiger partial charge on any atom is -0.496 e. The average molecular weight is 289 g/mol. The van der Waals surface area contributed by atoms with Gasteiger partial charge < -0.3 is 14.8 Å². The summed E-state index contributed by atoms with van der Waals surface area (Å²) in [7, 11) is 1.49. The van der Waals surface area contributed by atoms with Crippen molar-refractivity contribution in [3.8, 4) is 5.75 Å². The third-order valence-corrected chi connectivity index (χ3v) is 2.88. The van der Waals surface area contributed by atoms with Crippen LogP contribution in [0.4, 0.5) is 9.18 Å². The number of nitrogens with one attached hydrogen (secondary N) is 1. The predicted molar refractivity (Wildman–Crippen MR) is 76.4 cm³/mol. The summed E-state index contributed by atoms with van der Waals surface area (Å²) in [5.74, 6) is 0.130. The van der Waals surface area contributed by atoms with E-state index in [-0.39, 0.29) is 19.0 Å². The highest BCUT2D eigenvalue weighted by Gasteiger charge is 2.07. The van der Waals surface area contributed by atoms with Crippen LogP contribution in [-0.4, -0.2) is 13.2 Å². The second-order valence-corrected chi connectivity index (χ2v) is 4.37. The molecule has 0 unspecified atom stereocenters. The highest BCUT2D eigenvalue weighted by Crippen LogP contribution is 2.18. The van der Waals surface area contributed by atoms with Crippen molar-refractivity contribution in [2.45, 2.75) is 13.2 Å². The van der Waals surface area contributed by atoms with Crippen molar-refractivity contribution in [2.75, 3.05) is 7.11 Å². The molecule has 4 nitrogen and oxygen atoms in total. The number of hydrogen-bond acceptors (Lipinski definition) is 3. The van der Waals surface area contributed by atoms with Gasteiger partial charge >= 0.3 is 6.09 Å². The second kappa shape index (κ2) is 7.28. The van der Waals surface area contributed by atoms with E-state index in [1.807, 2.05) is 30.3 Å². The summed E-state index contributed by atoms with van der Waals surface area (Å²) in [6.45, 7) is 0.321. The van der Waals surface area contributed by atoms with Crippen molar-refractivity contribution in [3.63, 3.8) is 0 Å². The molecule has 0 aliphatic rings. The van der Waals surface area contributed by atoms with E-state index in [9.17, 15) is 9.18 Å². The molecule has 110 valence electrons. The molecule has 0 saturated carbocycles. The van der Waals surface area contributed by atoms with E-state index in [0.29, 0.717) is 11.3 Å². The summed E-state index contributed by atoms with van der Waals surface area (Å²) >= 11 is 0. The lowest BCUT2D eigenvalue weighted by atomic mass is 10.2. The Hall–Kier alpha value is -2.56. The summed E-state index contributed by atoms with van der Waals surface area (Å²) in [6.07, 6.45) is -0.565. The number of rotatable bonds is 5. The average Bonchev–Trinajstić information content (AvgIpc) is 2.52. The van der Waals surface area contributed by atoms with Gasteiger partial charge in [0.05, 0.1) is 7.11 Å². The van der Waals surface area contributed by atoms with E-state index in [1.165, 1.54) is 25.3 Å². The molecule has 0 radical (unpaired) electrons. The molecule has 1 N–H and O–H groups in total. The molecule has 0 aromatic heterocycles. The molecule has 5 heteroatoms. The third kappa shape index (κ3) is 4.49. The van der Waals surface area contributed by atoms with Gasteiger partial charge in [0.25, 0.3) is 0 Å². The van der Waals surface area contributed by atoms with Gasteiger partial charge in [-0.3, -0.25) is 0 Å². The van der Waals surface area contributed by atoms with Crippen LogP contribution in [0.1, 0.15) is 11.1 Å². The van der Waals surface area contributed by atoms with Crippen molar-refractivity contribution in [3.05, 3.63) is 65.5 Å². The maximum atomic E-state index is 13.2. The number of ether oxygens (including phenoxy) is 2. The Balaban J connectivity index is 1.85. The van der Waals surface area contributed by atoms with Crippen LogP contribution in [0.2, 0.25) is 0 Å². The fraction of sp³-hybridized carbons (Fsp3) is 0.188. The van der Waals surface area contributed by atoms with Crippen molar-refractivity contribution in [1.82, 2.24) is 5.32 Å². The lowest BCUT2D eigenvalue weighted by Gasteiger charge is -2.10. The Morgan fingerprint density at radius 3 is 2.67 bits per heavy atom. The van der Waals surface area contributed by atoms with Gasteiger partial charge in [0.2, 0.25) is 0 Å². The molecule has 2 aromatic carbocycles. The minimum absolute atomic E-state index is 0.133. The van der Waals surface area contributed by atoms with Crippen LogP contribution in [0.5, 0.6) is 5.75 Å². The lowest BCUT2D eigenvalue weighted by molar-refractivity contribution is 0.139. The highest BCUT2D eigenvalue weighted by atomic mass is 19.1. The van der Waals surface area contributed by atoms with Crippen LogP contribution < -0.4 is 10.1 Å². The minimum atomic E-state index is -0.565. The van der Waals surface area contributed by atoms with E-state index in [0.717, 1.165) is 5.56 Å². The van der Waals surface area contributed by atoms with Crippen molar-refractivity contribution < 1.29 is 18.7 Å². The number of carbonyl (C=O) groups is 1. The van der Waals surface area contributed by atoms with Crippen molar-refractivity contribution >= 4 is 6.09 Å². The Morgan fingerprint density at radius 1 is 1.19 bits per heavy atom. The number of hydrogen-bond donors (Lipinski definition) is 1. The second-order valence-electron chi connectivity index (χ2n) is 4.37. The quantitative estimate of drug-likeness (QED) is 0.919. The van der Waals surface area contributed by atoms with E-state index < -0.39 is 6.09 Å². The maximum absolute atomic E-state index is 13.2. The summed E-state index contributed by atoms with van der Waals surface area (Å²) in [4.78, 5) is 11.6. The topological polar surface area (TPSA) is 47.6 Å². The molecule has 0 aliphatic carbocycles. The molecule has 0 spiro atoms. The Kier molecular flexibility index (Phi) is 5.15. The van der Waals surface area contributed by atoms with Gasteiger partial charge in [-0.25, -0.2) is 9.18 Å². The van der Waals surface area contributed by atoms with Gasteiger partial charge in [0, 0.05) is 12.1 Å². The number of halogens is 1. The van der Waals surface area contributed by atoms with Crippen LogP contribution in [0.15, 0.2) is 48.5 Å². The first-order chi connectivity index (χ1) is 10.2. The van der Waals surface area contributed by atoms with Crippen LogP contribution in [0.25, 0.3) is 0 Å². The van der Waals surface area contributed by atoms with E-state index in [1.54, 1.807) is 0 Å². The number of alkyl carbamates (subject to hydrolysis) is 1. The molecule has 0 aliphatic heterocycles. The van der Waals surface area contributed by atoms with Gasteiger partial charge in [-0.15, -0.1) is 0 Å². The molecule has 0 saturated heterocycles. The Morgan fingerprint density at radius 2 is 1.95 bits per heavy atom. The largest absolute Gasteiger partial charge is 0.496 e. The molecular weight excluding hydrogens is 273 g/mol. The van der Waals surface area contributed by atoms with E-state index in [2.05, 4.69) is 5.32 Å². The van der Waals surface area contributed by atoms with Crippen LogP contribution in [0, 0.1) is 5.82 Å². The highest BCUT2D eigenvalue weighted by molar-refractivity contribution is 5.67. The van der Waals surface area contributed by atoms with Gasteiger partial charge in [-0.05, 0) is 23.8 Å². The molecule has 2 rings (SSSR count). The number of amides is 1. The zero-order chi connectivity index (χ0) is 15.1. The standard InChI is InChI=1S/C16H16FNO3/c1-20-15-8-7-14(17)9-13(15)10-18-16(19)21-11-12-5-3-2-4-6-12/h2-9H,10-11H2,1H3,(H,18,19). The van der Waals surface area contributed by atoms with E-state index in [4.69, 9.17) is 9.47 Å². The number of carbonyl (C=O) groups excluding carboxylic acids is 1. The Bertz CT molecular complexity index is 602. The molecule has 2 aromatic rings. The van der Waals surface area contributed by atoms with E-state index >= 15 is 0 Å². The van der Waals surface area contributed by atoms with Crippen molar-refractivity contribution in [2.24, 2.45) is 0 Å². The number of benzene rings is 2. The smallest absolute Gasteiger partial charge is 0.407 e. The molecule has 0 fully saturated rings. The van der Waals surface area contributed by atoms with Gasteiger partial charge in [0.1, 0.15) is 18.2 Å². The monoisotopic (exact) mass is 289 g/mol. The molecular formula is C16H16FNO3. The zero-order valence-electron chi connectivity index (χ0n) is 11.6. The first kappa shape index (κ1) is 14.8. The molecule has 0 heterocycles. The third-order valence-electron chi connectivity index (χ3n) is 2.88. The molecule has 0 atom stereocenters. The summed E-state index contributed by atoms with van der Waals surface area (Å²) in [6, 6.07) is 13.5. The Labute approximate surface area is 122 Å². The fourth-order valence-electron chi connectivity index (χ4n) is 1.83. The normalized spacial score (nSPS) is 10.0. The van der Waals surface area contributed by atoms with Crippen LogP contribution in [-0.2, 0) is 17.9 Å². The number of methoxy groups -OCH3 is 1. The molecule has 0 bridgehead atoms. The lowest BCUT2D eigenvalue weighted by Crippen LogP contribution is -2.24. The van der Waals surface area contributed by atoms with Gasteiger partial charge in [0.15, 0.2) is 0 Å². The van der Waals surface area contributed by atoms with Gasteiger partial charge in [-0.2, -0.15) is 0 Å². The van der Waals surface area contributed by atoms with Crippen LogP contribution in [0.3, 0.4) is 0 Å². The van der Waals surface area contributed by atoms with Gasteiger partial charge in [-0.1, -0.05) is 30.3 Å².